The number of allylic oxidation sites excluding steroid dienone is 1. The van der Waals surface area contributed by atoms with Crippen LogP contribution in [0.3, 0.4) is 0 Å². The minimum absolute atomic E-state index is 0.174. The van der Waals surface area contributed by atoms with E-state index in [1.54, 1.807) is 43.5 Å². The van der Waals surface area contributed by atoms with Gasteiger partial charge in [0.2, 0.25) is 0 Å². The van der Waals surface area contributed by atoms with Crippen LogP contribution in [0.2, 0.25) is 0 Å². The van der Waals surface area contributed by atoms with Crippen LogP contribution < -0.4 is 4.74 Å². The molecular formula is C17H11BrO3. The van der Waals surface area contributed by atoms with Crippen LogP contribution in [0.15, 0.2) is 52.5 Å². The normalized spacial score (nSPS) is 13.3. The number of ether oxygens (including phenoxy) is 1. The molecule has 2 aromatic rings. The predicted octanol–water partition coefficient (Wildman–Crippen LogP) is 3.92. The van der Waals surface area contributed by atoms with E-state index in [1.165, 1.54) is 0 Å². The molecule has 1 aliphatic rings. The van der Waals surface area contributed by atoms with Gasteiger partial charge in [-0.3, -0.25) is 9.59 Å². The van der Waals surface area contributed by atoms with E-state index in [1.807, 2.05) is 12.1 Å². The van der Waals surface area contributed by atoms with Crippen molar-refractivity contribution in [1.82, 2.24) is 0 Å². The molecule has 2 aromatic carbocycles. The molecule has 0 saturated heterocycles. The minimum atomic E-state index is -0.238. The molecule has 0 N–H and O–H groups in total. The molecular weight excluding hydrogens is 332 g/mol. The van der Waals surface area contributed by atoms with Gasteiger partial charge in [0.05, 0.1) is 12.7 Å². The fourth-order valence-electron chi connectivity index (χ4n) is 2.38. The molecule has 0 unspecified atom stereocenters. The summed E-state index contributed by atoms with van der Waals surface area (Å²) in [4.78, 5) is 24.7. The van der Waals surface area contributed by atoms with Crippen molar-refractivity contribution in [2.75, 3.05) is 7.11 Å². The first kappa shape index (κ1) is 13.8. The van der Waals surface area contributed by atoms with Gasteiger partial charge in [0.15, 0.2) is 11.6 Å². The first-order valence-electron chi connectivity index (χ1n) is 6.35. The number of carbonyl (C=O) groups excluding carboxylic acids is 2. The van der Waals surface area contributed by atoms with Crippen LogP contribution in [0.5, 0.6) is 5.75 Å². The molecule has 0 aromatic heterocycles. The molecule has 0 radical (unpaired) electrons. The minimum Gasteiger partial charge on any atom is -0.496 e. The SMILES string of the molecule is COc1ccc(Br)cc1C=C1C(=O)c2ccccc2C1=O. The van der Waals surface area contributed by atoms with E-state index in [2.05, 4.69) is 15.9 Å². The number of fused-ring (bicyclic) bond motifs is 1. The highest BCUT2D eigenvalue weighted by atomic mass is 79.9. The van der Waals surface area contributed by atoms with Crippen molar-refractivity contribution < 1.29 is 14.3 Å². The summed E-state index contributed by atoms with van der Waals surface area (Å²) in [7, 11) is 1.55. The van der Waals surface area contributed by atoms with E-state index < -0.39 is 0 Å². The molecule has 1 aliphatic carbocycles. The highest BCUT2D eigenvalue weighted by Crippen LogP contribution is 2.31. The highest BCUT2D eigenvalue weighted by molar-refractivity contribution is 9.10. The van der Waals surface area contributed by atoms with Gasteiger partial charge >= 0.3 is 0 Å². The topological polar surface area (TPSA) is 43.4 Å². The average molecular weight is 343 g/mol. The van der Waals surface area contributed by atoms with E-state index in [-0.39, 0.29) is 17.1 Å². The molecule has 3 nitrogen and oxygen atoms in total. The van der Waals surface area contributed by atoms with Crippen LogP contribution in [0.1, 0.15) is 26.3 Å². The third-order valence-electron chi connectivity index (χ3n) is 3.40. The number of hydrogen-bond acceptors (Lipinski definition) is 3. The Morgan fingerprint density at radius 3 is 2.19 bits per heavy atom. The van der Waals surface area contributed by atoms with Crippen molar-refractivity contribution >= 4 is 33.6 Å². The van der Waals surface area contributed by atoms with Crippen molar-refractivity contribution in [2.45, 2.75) is 0 Å². The van der Waals surface area contributed by atoms with Gasteiger partial charge in [-0.1, -0.05) is 40.2 Å². The maximum absolute atomic E-state index is 12.4. The monoisotopic (exact) mass is 342 g/mol. The molecule has 0 saturated carbocycles. The van der Waals surface area contributed by atoms with E-state index in [9.17, 15) is 9.59 Å². The Kier molecular flexibility index (Phi) is 3.47. The molecule has 0 aliphatic heterocycles. The summed E-state index contributed by atoms with van der Waals surface area (Å²) in [5, 5.41) is 0. The second kappa shape index (κ2) is 5.30. The lowest BCUT2D eigenvalue weighted by molar-refractivity contribution is 0.0990. The van der Waals surface area contributed by atoms with Crippen LogP contribution in [0, 0.1) is 0 Å². The average Bonchev–Trinajstić information content (AvgIpc) is 2.73. The third-order valence-corrected chi connectivity index (χ3v) is 3.89. The van der Waals surface area contributed by atoms with Gasteiger partial charge < -0.3 is 4.74 Å². The summed E-state index contributed by atoms with van der Waals surface area (Å²) in [6, 6.07) is 12.3. The van der Waals surface area contributed by atoms with E-state index >= 15 is 0 Å². The zero-order chi connectivity index (χ0) is 15.0. The van der Waals surface area contributed by atoms with Crippen molar-refractivity contribution in [3.63, 3.8) is 0 Å². The summed E-state index contributed by atoms with van der Waals surface area (Å²) < 4.78 is 6.12. The van der Waals surface area contributed by atoms with Gasteiger partial charge in [-0.15, -0.1) is 0 Å². The standard InChI is InChI=1S/C17H11BrO3/c1-21-15-7-6-11(18)8-10(15)9-14-16(19)12-4-2-3-5-13(12)17(14)20/h2-9H,1H3. The molecule has 0 spiro atoms. The Labute approximate surface area is 130 Å². The first-order chi connectivity index (χ1) is 10.1. The van der Waals surface area contributed by atoms with Gasteiger partial charge in [-0.05, 0) is 24.3 Å². The summed E-state index contributed by atoms with van der Waals surface area (Å²) >= 11 is 3.38. The van der Waals surface area contributed by atoms with Crippen molar-refractivity contribution in [3.8, 4) is 5.75 Å². The summed E-state index contributed by atoms with van der Waals surface area (Å²) in [5.74, 6) is 0.137. The Bertz CT molecular complexity index is 753. The quantitative estimate of drug-likeness (QED) is 0.613. The number of hydrogen-bond donors (Lipinski definition) is 0. The lowest BCUT2D eigenvalue weighted by atomic mass is 10.1. The second-order valence-electron chi connectivity index (χ2n) is 4.65. The highest BCUT2D eigenvalue weighted by Gasteiger charge is 2.32. The second-order valence-corrected chi connectivity index (χ2v) is 5.56. The van der Waals surface area contributed by atoms with Gasteiger partial charge in [-0.2, -0.15) is 0 Å². The van der Waals surface area contributed by atoms with E-state index in [0.717, 1.165) is 4.47 Å². The molecule has 0 heterocycles. The Morgan fingerprint density at radius 1 is 1.00 bits per heavy atom. The fourth-order valence-corrected chi connectivity index (χ4v) is 2.76. The fraction of sp³-hybridized carbons (Fsp3) is 0.0588. The van der Waals surface area contributed by atoms with Crippen molar-refractivity contribution in [2.24, 2.45) is 0 Å². The zero-order valence-electron chi connectivity index (χ0n) is 11.2. The van der Waals surface area contributed by atoms with E-state index in [0.29, 0.717) is 22.4 Å². The molecule has 0 bridgehead atoms. The van der Waals surface area contributed by atoms with Gasteiger partial charge in [0, 0.05) is 21.2 Å². The number of rotatable bonds is 2. The molecule has 0 amide bonds. The van der Waals surface area contributed by atoms with Crippen molar-refractivity contribution in [3.05, 3.63) is 69.2 Å². The largest absolute Gasteiger partial charge is 0.496 e. The summed E-state index contributed by atoms with van der Waals surface area (Å²) in [6.45, 7) is 0. The maximum Gasteiger partial charge on any atom is 0.197 e. The molecule has 104 valence electrons. The summed E-state index contributed by atoms with van der Waals surface area (Å²) in [5.41, 5.74) is 1.79. The smallest absolute Gasteiger partial charge is 0.197 e. The lowest BCUT2D eigenvalue weighted by Crippen LogP contribution is -2.00. The molecule has 21 heavy (non-hydrogen) atoms. The predicted molar refractivity (Wildman–Crippen MR) is 83.8 cm³/mol. The first-order valence-corrected chi connectivity index (χ1v) is 7.15. The van der Waals surface area contributed by atoms with Crippen molar-refractivity contribution in [1.29, 1.82) is 0 Å². The molecule has 0 atom stereocenters. The maximum atomic E-state index is 12.4. The number of carbonyl (C=O) groups is 2. The number of halogens is 1. The van der Waals surface area contributed by atoms with Gasteiger partial charge in [-0.25, -0.2) is 0 Å². The number of methoxy groups -OCH3 is 1. The van der Waals surface area contributed by atoms with Crippen LogP contribution in [-0.4, -0.2) is 18.7 Å². The molecule has 4 heteroatoms. The van der Waals surface area contributed by atoms with Gasteiger partial charge in [0.1, 0.15) is 5.75 Å². The number of benzene rings is 2. The Morgan fingerprint density at radius 2 is 1.62 bits per heavy atom. The van der Waals surface area contributed by atoms with Crippen LogP contribution >= 0.6 is 15.9 Å². The summed E-state index contributed by atoms with van der Waals surface area (Å²) in [6.07, 6.45) is 1.59. The van der Waals surface area contributed by atoms with E-state index in [4.69, 9.17) is 4.74 Å². The Hall–Kier alpha value is -2.20. The van der Waals surface area contributed by atoms with Crippen LogP contribution in [0.4, 0.5) is 0 Å². The lowest BCUT2D eigenvalue weighted by Gasteiger charge is -2.05. The Balaban J connectivity index is 2.13. The number of ketones is 2. The number of Topliss-reactive ketones (excluding diaryl/α,β-unsaturated/α-hetero) is 2. The molecule has 3 rings (SSSR count). The zero-order valence-corrected chi connectivity index (χ0v) is 12.8. The van der Waals surface area contributed by atoms with Crippen LogP contribution in [-0.2, 0) is 0 Å². The molecule has 0 fully saturated rings. The van der Waals surface area contributed by atoms with Gasteiger partial charge in [0.25, 0.3) is 0 Å². The van der Waals surface area contributed by atoms with Crippen LogP contribution in [0.25, 0.3) is 6.08 Å². The third kappa shape index (κ3) is 2.32.